The molecule has 0 fully saturated rings. The molecule has 0 radical (unpaired) electrons. The maximum atomic E-state index is 4.29. The van der Waals surface area contributed by atoms with E-state index in [1.165, 1.54) is 0 Å². The third-order valence-corrected chi connectivity index (χ3v) is 2.22. The summed E-state index contributed by atoms with van der Waals surface area (Å²) in [6, 6.07) is 6.04. The van der Waals surface area contributed by atoms with E-state index in [-0.39, 0.29) is 0 Å². The molecule has 0 aliphatic rings. The maximum Gasteiger partial charge on any atom is 0.169 e. The molecule has 2 rings (SSSR count). The van der Waals surface area contributed by atoms with Crippen molar-refractivity contribution in [1.29, 1.82) is 0 Å². The van der Waals surface area contributed by atoms with Gasteiger partial charge in [0.2, 0.25) is 0 Å². The molecule has 0 bridgehead atoms. The number of nitrogens with one attached hydrogen (secondary N) is 1. The number of fused-ring (bicyclic) bond motifs is 1. The van der Waals surface area contributed by atoms with Gasteiger partial charge >= 0.3 is 0 Å². The van der Waals surface area contributed by atoms with E-state index in [4.69, 9.17) is 0 Å². The van der Waals surface area contributed by atoms with Gasteiger partial charge in [-0.15, -0.1) is 0 Å². The summed E-state index contributed by atoms with van der Waals surface area (Å²) in [6.45, 7) is 3.71. The number of rotatable bonds is 1. The Labute approximate surface area is 83.8 Å². The van der Waals surface area contributed by atoms with Crippen LogP contribution in [0.5, 0.6) is 0 Å². The molecule has 60 valence electrons. The predicted molar refractivity (Wildman–Crippen MR) is 58.9 cm³/mol. The Morgan fingerprint density at radius 2 is 2.33 bits per heavy atom. The Morgan fingerprint density at radius 3 is 3.08 bits per heavy atom. The molecule has 1 heterocycles. The number of hydrogen-bond acceptors (Lipinski definition) is 1. The van der Waals surface area contributed by atoms with Gasteiger partial charge in [0.05, 0.1) is 11.0 Å². The number of H-pyrrole nitrogens is 1. The lowest BCUT2D eigenvalue weighted by atomic mass is 10.2. The lowest BCUT2D eigenvalue weighted by molar-refractivity contribution is 1.26. The third kappa shape index (κ3) is 1.24. The Balaban J connectivity index is 2.74. The normalized spacial score (nSPS) is 10.4. The van der Waals surface area contributed by atoms with Crippen molar-refractivity contribution in [3.63, 3.8) is 0 Å². The van der Waals surface area contributed by atoms with Crippen LogP contribution in [-0.2, 0) is 0 Å². The molecule has 3 heteroatoms. The van der Waals surface area contributed by atoms with Crippen molar-refractivity contribution in [2.24, 2.45) is 0 Å². The van der Waals surface area contributed by atoms with Crippen LogP contribution in [0.15, 0.2) is 24.8 Å². The van der Waals surface area contributed by atoms with Gasteiger partial charge in [-0.2, -0.15) is 0 Å². The lowest BCUT2D eigenvalue weighted by Gasteiger charge is -1.90. The topological polar surface area (TPSA) is 28.7 Å². The third-order valence-electron chi connectivity index (χ3n) is 1.71. The average molecular weight is 270 g/mol. The van der Waals surface area contributed by atoms with Crippen LogP contribution in [0, 0.1) is 3.83 Å². The van der Waals surface area contributed by atoms with E-state index in [0.717, 1.165) is 20.4 Å². The summed E-state index contributed by atoms with van der Waals surface area (Å²) in [5.41, 5.74) is 3.18. The summed E-state index contributed by atoms with van der Waals surface area (Å²) in [5.74, 6) is 0. The molecule has 0 saturated heterocycles. The molecule has 0 aliphatic heterocycles. The largest absolute Gasteiger partial charge is 0.333 e. The van der Waals surface area contributed by atoms with Crippen LogP contribution in [0.2, 0.25) is 0 Å². The van der Waals surface area contributed by atoms with E-state index < -0.39 is 0 Å². The molecule has 1 aromatic carbocycles. The molecule has 2 nitrogen and oxygen atoms in total. The second kappa shape index (κ2) is 2.90. The van der Waals surface area contributed by atoms with Gasteiger partial charge in [-0.1, -0.05) is 18.7 Å². The van der Waals surface area contributed by atoms with E-state index in [2.05, 4.69) is 39.1 Å². The van der Waals surface area contributed by atoms with Crippen LogP contribution < -0.4 is 0 Å². The minimum atomic E-state index is 0.920. The summed E-state index contributed by atoms with van der Waals surface area (Å²) in [5, 5.41) is 0. The summed E-state index contributed by atoms with van der Waals surface area (Å²) < 4.78 is 0.920. The van der Waals surface area contributed by atoms with Crippen LogP contribution >= 0.6 is 22.6 Å². The Morgan fingerprint density at radius 1 is 1.50 bits per heavy atom. The summed E-state index contributed by atoms with van der Waals surface area (Å²) in [6.07, 6.45) is 1.83. The fourth-order valence-corrected chi connectivity index (χ4v) is 1.67. The fourth-order valence-electron chi connectivity index (χ4n) is 1.12. The quantitative estimate of drug-likeness (QED) is 0.793. The highest BCUT2D eigenvalue weighted by Crippen LogP contribution is 2.14. The monoisotopic (exact) mass is 270 g/mol. The van der Waals surface area contributed by atoms with Crippen molar-refractivity contribution >= 4 is 39.7 Å². The predicted octanol–water partition coefficient (Wildman–Crippen LogP) is 2.81. The lowest BCUT2D eigenvalue weighted by Crippen LogP contribution is -1.72. The Bertz CT molecular complexity index is 431. The highest BCUT2D eigenvalue weighted by atomic mass is 127. The minimum absolute atomic E-state index is 0.920. The van der Waals surface area contributed by atoms with Crippen molar-refractivity contribution < 1.29 is 0 Å². The Hall–Kier alpha value is -0.840. The Kier molecular flexibility index (Phi) is 1.88. The van der Waals surface area contributed by atoms with Gasteiger partial charge in [0.15, 0.2) is 3.83 Å². The van der Waals surface area contributed by atoms with Gasteiger partial charge < -0.3 is 4.98 Å². The first-order valence-electron chi connectivity index (χ1n) is 3.57. The first-order valence-corrected chi connectivity index (χ1v) is 4.65. The van der Waals surface area contributed by atoms with Crippen molar-refractivity contribution in [3.05, 3.63) is 34.2 Å². The molecule has 0 spiro atoms. The molecule has 1 N–H and O–H groups in total. The van der Waals surface area contributed by atoms with Gasteiger partial charge in [0, 0.05) is 0 Å². The first-order chi connectivity index (χ1) is 5.79. The molecule has 12 heavy (non-hydrogen) atoms. The zero-order chi connectivity index (χ0) is 8.55. The van der Waals surface area contributed by atoms with Gasteiger partial charge in [0.1, 0.15) is 0 Å². The molecule has 2 aromatic rings. The maximum absolute atomic E-state index is 4.29. The van der Waals surface area contributed by atoms with Gasteiger partial charge in [-0.25, -0.2) is 4.98 Å². The van der Waals surface area contributed by atoms with E-state index in [1.54, 1.807) is 0 Å². The number of nitrogens with zero attached hydrogens (tertiary/aromatic N) is 1. The van der Waals surface area contributed by atoms with Crippen molar-refractivity contribution in [1.82, 2.24) is 9.97 Å². The van der Waals surface area contributed by atoms with Gasteiger partial charge in [0.25, 0.3) is 0 Å². The van der Waals surface area contributed by atoms with Crippen molar-refractivity contribution in [2.75, 3.05) is 0 Å². The number of hydrogen-bond donors (Lipinski definition) is 1. The molecule has 0 atom stereocenters. The second-order valence-corrected chi connectivity index (χ2v) is 3.53. The summed E-state index contributed by atoms with van der Waals surface area (Å²) >= 11 is 2.16. The molecule has 0 saturated carbocycles. The number of aromatic nitrogens is 2. The zero-order valence-corrected chi connectivity index (χ0v) is 8.50. The van der Waals surface area contributed by atoms with Crippen molar-refractivity contribution in [3.8, 4) is 0 Å². The second-order valence-electron chi connectivity index (χ2n) is 2.51. The van der Waals surface area contributed by atoms with E-state index in [9.17, 15) is 0 Å². The standard InChI is InChI=1S/C9H7IN2/c1-2-6-3-4-7-8(5-6)12-9(10)11-7/h2-5H,1H2,(H,11,12). The van der Waals surface area contributed by atoms with Crippen LogP contribution in [0.4, 0.5) is 0 Å². The molecule has 1 aromatic heterocycles. The number of halogens is 1. The minimum Gasteiger partial charge on any atom is -0.333 e. The summed E-state index contributed by atoms with van der Waals surface area (Å²) in [4.78, 5) is 7.45. The smallest absolute Gasteiger partial charge is 0.169 e. The van der Waals surface area contributed by atoms with Crippen LogP contribution in [0.3, 0.4) is 0 Å². The van der Waals surface area contributed by atoms with Crippen LogP contribution in [-0.4, -0.2) is 9.97 Å². The number of benzene rings is 1. The highest BCUT2D eigenvalue weighted by molar-refractivity contribution is 14.1. The molecule has 0 aliphatic carbocycles. The van der Waals surface area contributed by atoms with E-state index in [0.29, 0.717) is 0 Å². The summed E-state index contributed by atoms with van der Waals surface area (Å²) in [7, 11) is 0. The molecule has 0 amide bonds. The van der Waals surface area contributed by atoms with Gasteiger partial charge in [-0.05, 0) is 40.3 Å². The molecule has 0 unspecified atom stereocenters. The fraction of sp³-hybridized carbons (Fsp3) is 0. The van der Waals surface area contributed by atoms with Gasteiger partial charge in [-0.3, -0.25) is 0 Å². The van der Waals surface area contributed by atoms with E-state index >= 15 is 0 Å². The SMILES string of the molecule is C=Cc1ccc2nc(I)[nH]c2c1. The molecular formula is C9H7IN2. The number of imidazole rings is 1. The van der Waals surface area contributed by atoms with E-state index in [1.807, 2.05) is 24.3 Å². The first kappa shape index (κ1) is 7.79. The number of aromatic amines is 1. The zero-order valence-electron chi connectivity index (χ0n) is 6.34. The van der Waals surface area contributed by atoms with Crippen molar-refractivity contribution in [2.45, 2.75) is 0 Å². The van der Waals surface area contributed by atoms with Crippen LogP contribution in [0.1, 0.15) is 5.56 Å². The van der Waals surface area contributed by atoms with Crippen LogP contribution in [0.25, 0.3) is 17.1 Å². The average Bonchev–Trinajstić information content (AvgIpc) is 2.43. The highest BCUT2D eigenvalue weighted by Gasteiger charge is 1.98. The molecular weight excluding hydrogens is 263 g/mol.